The van der Waals surface area contributed by atoms with Gasteiger partial charge in [-0.2, -0.15) is 0 Å². The summed E-state index contributed by atoms with van der Waals surface area (Å²) in [7, 11) is 3.68. The molecule has 4 atom stereocenters. The van der Waals surface area contributed by atoms with Gasteiger partial charge >= 0.3 is 5.97 Å². The summed E-state index contributed by atoms with van der Waals surface area (Å²) in [6.45, 7) is 0. The highest BCUT2D eigenvalue weighted by molar-refractivity contribution is 5.74. The van der Waals surface area contributed by atoms with Gasteiger partial charge in [-0.3, -0.25) is 9.69 Å². The molecule has 1 saturated carbocycles. The van der Waals surface area contributed by atoms with Crippen LogP contribution in [0, 0.1) is 17.8 Å². The van der Waals surface area contributed by atoms with Crippen LogP contribution >= 0.6 is 0 Å². The lowest BCUT2D eigenvalue weighted by Gasteiger charge is -2.45. The van der Waals surface area contributed by atoms with Crippen molar-refractivity contribution in [3.63, 3.8) is 0 Å². The molecule has 3 aliphatic rings. The molecule has 0 aromatic carbocycles. The summed E-state index contributed by atoms with van der Waals surface area (Å²) in [5.74, 6) is 1.09. The number of aliphatic hydroxyl groups is 1. The average Bonchev–Trinajstić information content (AvgIpc) is 2.70. The van der Waals surface area contributed by atoms with E-state index in [1.165, 1.54) is 13.5 Å². The van der Waals surface area contributed by atoms with Crippen molar-refractivity contribution in [1.82, 2.24) is 4.90 Å². The van der Waals surface area contributed by atoms with Crippen molar-refractivity contribution in [3.05, 3.63) is 0 Å². The Hall–Kier alpha value is -0.610. The van der Waals surface area contributed by atoms with Crippen LogP contribution < -0.4 is 0 Å². The second-order valence-electron chi connectivity index (χ2n) is 6.98. The van der Waals surface area contributed by atoms with Gasteiger partial charge in [-0.15, -0.1) is 0 Å². The van der Waals surface area contributed by atoms with Gasteiger partial charge in [0.15, 0.2) is 0 Å². The van der Waals surface area contributed by atoms with E-state index in [0.717, 1.165) is 38.5 Å². The Morgan fingerprint density at radius 2 is 1.85 bits per heavy atom. The van der Waals surface area contributed by atoms with Gasteiger partial charge in [0.05, 0.1) is 19.1 Å². The number of hydrogen-bond acceptors (Lipinski definition) is 4. The standard InChI is InChI=1S/C16H27NO3/c1-17-11-5-8-14(17)15(16(19)20-2)13(9-11)10-3-6-12(18)7-4-10/h10-15,18H,3-9H2,1-2H3/t10?,11-,12?,13-,14?,15?/m1/s1. The lowest BCUT2D eigenvalue weighted by molar-refractivity contribution is -0.154. The second-order valence-corrected chi connectivity index (χ2v) is 6.98. The van der Waals surface area contributed by atoms with Gasteiger partial charge in [0.25, 0.3) is 0 Å². The fourth-order valence-corrected chi connectivity index (χ4v) is 4.99. The summed E-state index contributed by atoms with van der Waals surface area (Å²) < 4.78 is 5.12. The topological polar surface area (TPSA) is 49.8 Å². The number of nitrogens with zero attached hydrogens (tertiary/aromatic N) is 1. The minimum absolute atomic E-state index is 0.0154. The van der Waals surface area contributed by atoms with Gasteiger partial charge in [-0.1, -0.05) is 0 Å². The predicted molar refractivity (Wildman–Crippen MR) is 76.2 cm³/mol. The molecule has 0 spiro atoms. The van der Waals surface area contributed by atoms with E-state index in [2.05, 4.69) is 11.9 Å². The second kappa shape index (κ2) is 5.64. The van der Waals surface area contributed by atoms with Crippen molar-refractivity contribution >= 4 is 5.97 Å². The number of methoxy groups -OCH3 is 1. The van der Waals surface area contributed by atoms with Crippen LogP contribution in [0.25, 0.3) is 0 Å². The smallest absolute Gasteiger partial charge is 0.310 e. The van der Waals surface area contributed by atoms with Crippen molar-refractivity contribution in [2.45, 2.75) is 63.1 Å². The van der Waals surface area contributed by atoms with Crippen molar-refractivity contribution in [2.75, 3.05) is 14.2 Å². The number of hydrogen-bond donors (Lipinski definition) is 1. The molecule has 2 heterocycles. The van der Waals surface area contributed by atoms with Gasteiger partial charge in [0.1, 0.15) is 0 Å². The summed E-state index contributed by atoms with van der Waals surface area (Å²) in [5, 5.41) is 9.71. The van der Waals surface area contributed by atoms with Crippen LogP contribution in [0.2, 0.25) is 0 Å². The van der Waals surface area contributed by atoms with Crippen molar-refractivity contribution < 1.29 is 14.6 Å². The van der Waals surface area contributed by atoms with Crippen LogP contribution in [-0.4, -0.2) is 48.3 Å². The molecule has 3 rings (SSSR count). The molecule has 3 fully saturated rings. The zero-order valence-corrected chi connectivity index (χ0v) is 12.6. The lowest BCUT2D eigenvalue weighted by atomic mass is 9.68. The van der Waals surface area contributed by atoms with E-state index in [9.17, 15) is 9.90 Å². The number of carbonyl (C=O) groups is 1. The first kappa shape index (κ1) is 14.3. The summed E-state index contributed by atoms with van der Waals surface area (Å²) >= 11 is 0. The number of aliphatic hydroxyl groups excluding tert-OH is 1. The molecule has 2 bridgehead atoms. The van der Waals surface area contributed by atoms with E-state index in [0.29, 0.717) is 23.9 Å². The average molecular weight is 281 g/mol. The molecule has 0 amide bonds. The lowest BCUT2D eigenvalue weighted by Crippen LogP contribution is -2.52. The number of ether oxygens (including phenoxy) is 1. The van der Waals surface area contributed by atoms with Crippen molar-refractivity contribution in [2.24, 2.45) is 17.8 Å². The SMILES string of the molecule is COC(=O)C1C2CC[C@H](C[C@@H]1C1CCC(O)CC1)N2C. The highest BCUT2D eigenvalue weighted by Crippen LogP contribution is 2.48. The van der Waals surface area contributed by atoms with Crippen LogP contribution in [0.1, 0.15) is 44.9 Å². The van der Waals surface area contributed by atoms with E-state index < -0.39 is 0 Å². The van der Waals surface area contributed by atoms with E-state index in [-0.39, 0.29) is 18.0 Å². The van der Waals surface area contributed by atoms with Crippen LogP contribution in [0.3, 0.4) is 0 Å². The number of rotatable bonds is 2. The van der Waals surface area contributed by atoms with Crippen LogP contribution in [0.4, 0.5) is 0 Å². The Kier molecular flexibility index (Phi) is 4.04. The van der Waals surface area contributed by atoms with Crippen LogP contribution in [0.5, 0.6) is 0 Å². The summed E-state index contributed by atoms with van der Waals surface area (Å²) in [6, 6.07) is 1.02. The predicted octanol–water partition coefficient (Wildman–Crippen LogP) is 1.81. The Bertz CT molecular complexity index is 365. The quantitative estimate of drug-likeness (QED) is 0.784. The molecule has 20 heavy (non-hydrogen) atoms. The maximum absolute atomic E-state index is 12.3. The molecule has 114 valence electrons. The van der Waals surface area contributed by atoms with Gasteiger partial charge in [0.2, 0.25) is 0 Å². The van der Waals surface area contributed by atoms with E-state index in [4.69, 9.17) is 4.74 Å². The fraction of sp³-hybridized carbons (Fsp3) is 0.938. The Labute approximate surface area is 121 Å². The van der Waals surface area contributed by atoms with Crippen molar-refractivity contribution in [1.29, 1.82) is 0 Å². The Morgan fingerprint density at radius 1 is 1.15 bits per heavy atom. The zero-order chi connectivity index (χ0) is 14.3. The molecule has 0 aromatic heterocycles. The maximum Gasteiger partial charge on any atom is 0.310 e. The zero-order valence-electron chi connectivity index (χ0n) is 12.6. The molecule has 2 aliphatic heterocycles. The number of esters is 1. The summed E-state index contributed by atoms with van der Waals surface area (Å²) in [6.07, 6.45) is 7.32. The third-order valence-corrected chi connectivity index (χ3v) is 6.14. The van der Waals surface area contributed by atoms with Crippen LogP contribution in [0.15, 0.2) is 0 Å². The number of fused-ring (bicyclic) bond motifs is 2. The highest BCUT2D eigenvalue weighted by atomic mass is 16.5. The number of piperidine rings is 1. The molecule has 4 heteroatoms. The fourth-order valence-electron chi connectivity index (χ4n) is 4.99. The van der Waals surface area contributed by atoms with E-state index >= 15 is 0 Å². The largest absolute Gasteiger partial charge is 0.469 e. The van der Waals surface area contributed by atoms with Crippen molar-refractivity contribution in [3.8, 4) is 0 Å². The molecule has 0 aromatic rings. The minimum Gasteiger partial charge on any atom is -0.469 e. The van der Waals surface area contributed by atoms with Gasteiger partial charge in [-0.25, -0.2) is 0 Å². The first-order chi connectivity index (χ1) is 9.61. The third-order valence-electron chi connectivity index (χ3n) is 6.14. The molecule has 1 aliphatic carbocycles. The first-order valence-electron chi connectivity index (χ1n) is 8.09. The minimum atomic E-state index is -0.120. The molecule has 4 nitrogen and oxygen atoms in total. The Balaban J connectivity index is 1.79. The summed E-state index contributed by atoms with van der Waals surface area (Å²) in [5.41, 5.74) is 0. The molecule has 1 N–H and O–H groups in total. The normalized spacial score (nSPS) is 45.4. The van der Waals surface area contributed by atoms with Crippen LogP contribution in [-0.2, 0) is 9.53 Å². The molecular formula is C16H27NO3. The third kappa shape index (κ3) is 2.37. The highest BCUT2D eigenvalue weighted by Gasteiger charge is 2.51. The monoisotopic (exact) mass is 281 g/mol. The van der Waals surface area contributed by atoms with Gasteiger partial charge < -0.3 is 9.84 Å². The number of carbonyl (C=O) groups excluding carboxylic acids is 1. The Morgan fingerprint density at radius 3 is 2.50 bits per heavy atom. The van der Waals surface area contributed by atoms with E-state index in [1.54, 1.807) is 0 Å². The maximum atomic E-state index is 12.3. The molecule has 0 radical (unpaired) electrons. The van der Waals surface area contributed by atoms with Gasteiger partial charge in [-0.05, 0) is 63.8 Å². The molecular weight excluding hydrogens is 254 g/mol. The van der Waals surface area contributed by atoms with E-state index in [1.807, 2.05) is 0 Å². The first-order valence-corrected chi connectivity index (χ1v) is 8.09. The molecule has 2 saturated heterocycles. The van der Waals surface area contributed by atoms with Gasteiger partial charge in [0, 0.05) is 12.1 Å². The summed E-state index contributed by atoms with van der Waals surface area (Å²) in [4.78, 5) is 14.7. The molecule has 2 unspecified atom stereocenters.